The van der Waals surface area contributed by atoms with Crippen LogP contribution in [0.25, 0.3) is 10.8 Å². The maximum atomic E-state index is 12.9. The van der Waals surface area contributed by atoms with Gasteiger partial charge in [-0.3, -0.25) is 9.69 Å². The number of anilines is 1. The summed E-state index contributed by atoms with van der Waals surface area (Å²) in [5.41, 5.74) is 3.21. The van der Waals surface area contributed by atoms with Gasteiger partial charge in [0.2, 0.25) is 0 Å². The first-order valence-corrected chi connectivity index (χ1v) is 9.97. The van der Waals surface area contributed by atoms with Gasteiger partial charge >= 0.3 is 0 Å². The molecular weight excluding hydrogens is 342 g/mol. The fourth-order valence-corrected chi connectivity index (χ4v) is 5.31. The van der Waals surface area contributed by atoms with Crippen LogP contribution in [0, 0.1) is 0 Å². The van der Waals surface area contributed by atoms with Gasteiger partial charge in [0.25, 0.3) is 5.91 Å². The summed E-state index contributed by atoms with van der Waals surface area (Å²) in [7, 11) is 0. The van der Waals surface area contributed by atoms with E-state index in [0.29, 0.717) is 0 Å². The summed E-state index contributed by atoms with van der Waals surface area (Å²) < 4.78 is 0. The highest BCUT2D eigenvalue weighted by Crippen LogP contribution is 2.40. The first-order valence-electron chi connectivity index (χ1n) is 9.16. The Labute approximate surface area is 156 Å². The molecule has 0 saturated carbocycles. The zero-order valence-corrected chi connectivity index (χ0v) is 15.5. The van der Waals surface area contributed by atoms with Crippen LogP contribution in [0.4, 0.5) is 5.00 Å². The van der Waals surface area contributed by atoms with Crippen molar-refractivity contribution in [1.82, 2.24) is 10.2 Å². The highest BCUT2D eigenvalue weighted by atomic mass is 32.1. The second-order valence-corrected chi connectivity index (χ2v) is 8.09. The Morgan fingerprint density at radius 3 is 2.85 bits per heavy atom. The molecule has 0 spiro atoms. The first-order chi connectivity index (χ1) is 12.7. The maximum Gasteiger partial charge on any atom is 0.256 e. The van der Waals surface area contributed by atoms with Crippen molar-refractivity contribution in [3.8, 4) is 0 Å². The van der Waals surface area contributed by atoms with Gasteiger partial charge in [-0.25, -0.2) is 0 Å². The van der Waals surface area contributed by atoms with Crippen LogP contribution in [0.5, 0.6) is 0 Å². The summed E-state index contributed by atoms with van der Waals surface area (Å²) in [6, 6.07) is 14.7. The molecule has 2 aliphatic rings. The van der Waals surface area contributed by atoms with E-state index in [4.69, 9.17) is 0 Å². The van der Waals surface area contributed by atoms with E-state index >= 15 is 0 Å². The molecule has 4 nitrogen and oxygen atoms in total. The summed E-state index contributed by atoms with van der Waals surface area (Å²) >= 11 is 1.75. The molecule has 2 aromatic carbocycles. The Kier molecular flexibility index (Phi) is 3.72. The Balaban J connectivity index is 1.50. The Morgan fingerprint density at radius 1 is 1.15 bits per heavy atom. The molecule has 0 fully saturated rings. The van der Waals surface area contributed by atoms with Crippen molar-refractivity contribution < 1.29 is 4.79 Å². The van der Waals surface area contributed by atoms with Crippen molar-refractivity contribution >= 4 is 33.0 Å². The lowest BCUT2D eigenvalue weighted by Crippen LogP contribution is -2.38. The van der Waals surface area contributed by atoms with Crippen molar-refractivity contribution in [2.45, 2.75) is 26.1 Å². The molecule has 1 atom stereocenters. The predicted molar refractivity (Wildman–Crippen MR) is 107 cm³/mol. The van der Waals surface area contributed by atoms with Crippen molar-refractivity contribution in [3.63, 3.8) is 0 Å². The highest BCUT2D eigenvalue weighted by molar-refractivity contribution is 7.16. The molecule has 1 unspecified atom stereocenters. The molecule has 3 heterocycles. The fraction of sp³-hybridized carbons (Fsp3) is 0.286. The quantitative estimate of drug-likeness (QED) is 0.719. The minimum absolute atomic E-state index is 0.0550. The number of carbonyl (C=O) groups excluding carboxylic acids is 1. The molecule has 0 aliphatic carbocycles. The number of thiophene rings is 1. The van der Waals surface area contributed by atoms with Crippen LogP contribution >= 0.6 is 11.3 Å². The zero-order valence-electron chi connectivity index (χ0n) is 14.7. The summed E-state index contributed by atoms with van der Waals surface area (Å²) in [6.07, 6.45) is 0.784. The normalized spacial score (nSPS) is 19.6. The van der Waals surface area contributed by atoms with Gasteiger partial charge in [0, 0.05) is 18.0 Å². The van der Waals surface area contributed by atoms with E-state index in [2.05, 4.69) is 52.8 Å². The van der Waals surface area contributed by atoms with Gasteiger partial charge in [0.1, 0.15) is 11.2 Å². The minimum atomic E-state index is -0.179. The van der Waals surface area contributed by atoms with Crippen LogP contribution < -0.4 is 10.6 Å². The molecule has 5 rings (SSSR count). The molecule has 132 valence electrons. The van der Waals surface area contributed by atoms with Gasteiger partial charge in [-0.15, -0.1) is 11.3 Å². The Bertz CT molecular complexity index is 1010. The van der Waals surface area contributed by atoms with Gasteiger partial charge in [-0.2, -0.15) is 0 Å². The number of benzene rings is 2. The van der Waals surface area contributed by atoms with E-state index in [1.54, 1.807) is 11.3 Å². The van der Waals surface area contributed by atoms with E-state index in [1.807, 2.05) is 12.1 Å². The van der Waals surface area contributed by atoms with Crippen molar-refractivity contribution in [1.29, 1.82) is 0 Å². The largest absolute Gasteiger partial charge is 0.353 e. The molecule has 0 bridgehead atoms. The van der Waals surface area contributed by atoms with E-state index < -0.39 is 0 Å². The molecule has 5 heteroatoms. The van der Waals surface area contributed by atoms with Crippen molar-refractivity contribution in [2.24, 2.45) is 0 Å². The number of amides is 1. The van der Waals surface area contributed by atoms with Crippen LogP contribution in [-0.2, 0) is 13.0 Å². The summed E-state index contributed by atoms with van der Waals surface area (Å²) in [5.74, 6) is 0.0550. The van der Waals surface area contributed by atoms with Crippen LogP contribution in [0.3, 0.4) is 0 Å². The third-order valence-corrected chi connectivity index (χ3v) is 6.62. The zero-order chi connectivity index (χ0) is 17.7. The number of nitrogens with zero attached hydrogens (tertiary/aromatic N) is 1. The van der Waals surface area contributed by atoms with Gasteiger partial charge in [0.15, 0.2) is 0 Å². The average Bonchev–Trinajstić information content (AvgIpc) is 3.05. The van der Waals surface area contributed by atoms with Crippen LogP contribution in [0.1, 0.15) is 39.5 Å². The lowest BCUT2D eigenvalue weighted by molar-refractivity contribution is 0.0935. The number of hydrogen-bond donors (Lipinski definition) is 2. The van der Waals surface area contributed by atoms with Crippen LogP contribution in [-0.4, -0.2) is 23.9 Å². The first kappa shape index (κ1) is 15.9. The monoisotopic (exact) mass is 363 g/mol. The molecule has 26 heavy (non-hydrogen) atoms. The molecule has 2 N–H and O–H groups in total. The molecule has 1 amide bonds. The molecular formula is C21H21N3OS. The number of rotatable bonds is 2. The highest BCUT2D eigenvalue weighted by Gasteiger charge is 2.33. The summed E-state index contributed by atoms with van der Waals surface area (Å²) in [4.78, 5) is 16.6. The van der Waals surface area contributed by atoms with Crippen LogP contribution in [0.2, 0.25) is 0 Å². The second kappa shape index (κ2) is 6.11. The lowest BCUT2D eigenvalue weighted by atomic mass is 9.99. The fourth-order valence-electron chi connectivity index (χ4n) is 3.99. The maximum absolute atomic E-state index is 12.9. The van der Waals surface area contributed by atoms with Crippen molar-refractivity contribution in [2.75, 3.05) is 18.4 Å². The summed E-state index contributed by atoms with van der Waals surface area (Å²) in [6.45, 7) is 5.24. The Morgan fingerprint density at radius 2 is 2.00 bits per heavy atom. The topological polar surface area (TPSA) is 44.4 Å². The van der Waals surface area contributed by atoms with Gasteiger partial charge in [-0.05, 0) is 40.9 Å². The molecule has 0 saturated heterocycles. The third-order valence-electron chi connectivity index (χ3n) is 5.47. The number of fused-ring (bicyclic) bond motifs is 4. The van der Waals surface area contributed by atoms with Gasteiger partial charge in [-0.1, -0.05) is 43.3 Å². The van der Waals surface area contributed by atoms with E-state index in [9.17, 15) is 4.79 Å². The van der Waals surface area contributed by atoms with Gasteiger partial charge < -0.3 is 10.6 Å². The van der Waals surface area contributed by atoms with Crippen LogP contribution in [0.15, 0.2) is 42.5 Å². The van der Waals surface area contributed by atoms with E-state index in [0.717, 1.165) is 42.2 Å². The molecule has 1 aromatic heterocycles. The number of nitrogens with one attached hydrogen (secondary N) is 2. The number of likely N-dealkylation sites (N-methyl/N-ethyl adjacent to an activating group) is 1. The number of hydrogen-bond acceptors (Lipinski definition) is 4. The lowest BCUT2D eigenvalue weighted by Gasteiger charge is -2.28. The van der Waals surface area contributed by atoms with E-state index in [1.165, 1.54) is 21.2 Å². The molecule has 3 aromatic rings. The smallest absolute Gasteiger partial charge is 0.256 e. The Hall–Kier alpha value is -2.37. The molecule has 0 radical (unpaired) electrons. The number of carbonyl (C=O) groups is 1. The predicted octanol–water partition coefficient (Wildman–Crippen LogP) is 4.13. The SMILES string of the molecule is CCN1CCc2c(sc3c2C(=O)NC(c2ccc4ccccc4c2)N3)C1. The standard InChI is InChI=1S/C21H21N3OS/c1-2-24-10-9-16-17(12-24)26-21-18(16)20(25)22-19(23-21)15-8-7-13-5-3-4-6-14(13)11-15/h3-8,11,19,23H,2,9-10,12H2,1H3,(H,22,25). The average molecular weight is 363 g/mol. The van der Waals surface area contributed by atoms with E-state index in [-0.39, 0.29) is 12.1 Å². The second-order valence-electron chi connectivity index (χ2n) is 6.98. The third kappa shape index (κ3) is 2.50. The summed E-state index contributed by atoms with van der Waals surface area (Å²) in [5, 5.41) is 10.2. The van der Waals surface area contributed by atoms with Gasteiger partial charge in [0.05, 0.1) is 5.56 Å². The molecule has 2 aliphatic heterocycles. The van der Waals surface area contributed by atoms with Crippen molar-refractivity contribution in [3.05, 3.63) is 64.0 Å². The minimum Gasteiger partial charge on any atom is -0.353 e.